The van der Waals surface area contributed by atoms with E-state index in [-0.39, 0.29) is 39.7 Å². The number of carbonyl (C=O) groups is 1. The quantitative estimate of drug-likeness (QED) is 0.304. The molecule has 0 amide bonds. The molecule has 0 spiro atoms. The van der Waals surface area contributed by atoms with Crippen molar-refractivity contribution in [2.75, 3.05) is 0 Å². The van der Waals surface area contributed by atoms with E-state index in [1.165, 1.54) is 12.8 Å². The van der Waals surface area contributed by atoms with E-state index in [9.17, 15) is 9.90 Å². The molecule has 10 atom stereocenters. The number of carbonyl (C=O) groups excluding carboxylic acids is 1. The van der Waals surface area contributed by atoms with E-state index in [0.717, 1.165) is 50.5 Å². The van der Waals surface area contributed by atoms with Crippen molar-refractivity contribution in [3.05, 3.63) is 47.5 Å². The van der Waals surface area contributed by atoms with Crippen molar-refractivity contribution in [3.63, 3.8) is 0 Å². The van der Waals surface area contributed by atoms with Crippen LogP contribution in [0.25, 0.3) is 0 Å². The SMILES string of the molecule is C[C@H]1[C@H](C)CC[C@]2(C(=O)OCc3ccccc3)CC[C@]3(C)C(=CC[C@@H]4[C@@]5(C)CC[C@H](O)C(C)(C)C5CC[C@]43C)[C@H]12. The zero-order valence-electron chi connectivity index (χ0n) is 26.3. The highest BCUT2D eigenvalue weighted by molar-refractivity contribution is 5.79. The van der Waals surface area contributed by atoms with E-state index in [4.69, 9.17) is 4.74 Å². The lowest BCUT2D eigenvalue weighted by atomic mass is 9.33. The number of rotatable bonds is 3. The molecule has 3 heteroatoms. The van der Waals surface area contributed by atoms with Crippen LogP contribution in [0.2, 0.25) is 0 Å². The highest BCUT2D eigenvalue weighted by Gasteiger charge is 2.69. The van der Waals surface area contributed by atoms with Gasteiger partial charge in [-0.05, 0) is 115 Å². The van der Waals surface area contributed by atoms with Gasteiger partial charge in [-0.15, -0.1) is 0 Å². The van der Waals surface area contributed by atoms with E-state index < -0.39 is 5.41 Å². The molecule has 5 aliphatic carbocycles. The zero-order valence-corrected chi connectivity index (χ0v) is 26.3. The van der Waals surface area contributed by atoms with E-state index >= 15 is 0 Å². The highest BCUT2D eigenvalue weighted by atomic mass is 16.5. The minimum absolute atomic E-state index is 0.0310. The molecule has 0 aromatic heterocycles. The molecule has 0 bridgehead atoms. The Morgan fingerprint density at radius 1 is 0.900 bits per heavy atom. The van der Waals surface area contributed by atoms with Gasteiger partial charge in [-0.3, -0.25) is 4.79 Å². The molecule has 0 radical (unpaired) electrons. The molecule has 0 aliphatic heterocycles. The van der Waals surface area contributed by atoms with Crippen LogP contribution < -0.4 is 0 Å². The summed E-state index contributed by atoms with van der Waals surface area (Å²) in [6, 6.07) is 10.2. The number of allylic oxidation sites excluding steroid dienone is 2. The van der Waals surface area contributed by atoms with Crippen LogP contribution in [0.3, 0.4) is 0 Å². The third-order valence-electron chi connectivity index (χ3n) is 14.6. The van der Waals surface area contributed by atoms with Crippen LogP contribution in [0.4, 0.5) is 0 Å². The van der Waals surface area contributed by atoms with Gasteiger partial charge in [0.15, 0.2) is 0 Å². The minimum Gasteiger partial charge on any atom is -0.460 e. The Labute approximate surface area is 243 Å². The van der Waals surface area contributed by atoms with Crippen LogP contribution in [-0.4, -0.2) is 17.2 Å². The first kappa shape index (κ1) is 28.5. The molecule has 3 nitrogen and oxygen atoms in total. The van der Waals surface area contributed by atoms with Crippen LogP contribution in [0.1, 0.15) is 112 Å². The van der Waals surface area contributed by atoms with E-state index in [1.807, 2.05) is 18.2 Å². The van der Waals surface area contributed by atoms with E-state index in [1.54, 1.807) is 5.57 Å². The monoisotopic (exact) mass is 546 g/mol. The maximum absolute atomic E-state index is 14.2. The molecular formula is C37H54O3. The van der Waals surface area contributed by atoms with Crippen molar-refractivity contribution in [3.8, 4) is 0 Å². The maximum Gasteiger partial charge on any atom is 0.313 e. The number of fused-ring (bicyclic) bond motifs is 7. The predicted octanol–water partition coefficient (Wildman–Crippen LogP) is 8.75. The largest absolute Gasteiger partial charge is 0.460 e. The molecule has 0 heterocycles. The fraction of sp³-hybridized carbons (Fsp3) is 0.757. The summed E-state index contributed by atoms with van der Waals surface area (Å²) in [5.74, 6) is 2.58. The van der Waals surface area contributed by atoms with Crippen LogP contribution in [0, 0.1) is 56.7 Å². The first-order chi connectivity index (χ1) is 18.8. The van der Waals surface area contributed by atoms with Crippen molar-refractivity contribution >= 4 is 5.97 Å². The first-order valence-electron chi connectivity index (χ1n) is 16.4. The minimum atomic E-state index is -0.396. The van der Waals surface area contributed by atoms with Gasteiger partial charge in [-0.25, -0.2) is 0 Å². The second kappa shape index (κ2) is 9.45. The van der Waals surface area contributed by atoms with Crippen LogP contribution >= 0.6 is 0 Å². The average Bonchev–Trinajstić information content (AvgIpc) is 2.92. The topological polar surface area (TPSA) is 46.5 Å². The second-order valence-corrected chi connectivity index (χ2v) is 16.2. The summed E-state index contributed by atoms with van der Waals surface area (Å²) in [6.45, 7) is 17.7. The van der Waals surface area contributed by atoms with Gasteiger partial charge in [0.05, 0.1) is 11.5 Å². The molecule has 1 aromatic carbocycles. The lowest BCUT2D eigenvalue weighted by Crippen LogP contribution is -2.65. The molecule has 5 aliphatic rings. The predicted molar refractivity (Wildman–Crippen MR) is 161 cm³/mol. The summed E-state index contributed by atoms with van der Waals surface area (Å²) >= 11 is 0. The Kier molecular flexibility index (Phi) is 6.73. The third kappa shape index (κ3) is 3.74. The summed E-state index contributed by atoms with van der Waals surface area (Å²) in [5, 5.41) is 11.0. The first-order valence-corrected chi connectivity index (χ1v) is 16.4. The maximum atomic E-state index is 14.2. The lowest BCUT2D eigenvalue weighted by Gasteiger charge is -2.71. The molecule has 0 saturated heterocycles. The molecule has 4 fully saturated rings. The summed E-state index contributed by atoms with van der Waals surface area (Å²) in [5.41, 5.74) is 2.80. The van der Waals surface area contributed by atoms with Crippen molar-refractivity contribution < 1.29 is 14.6 Å². The summed E-state index contributed by atoms with van der Waals surface area (Å²) < 4.78 is 6.19. The van der Waals surface area contributed by atoms with Gasteiger partial charge in [0, 0.05) is 0 Å². The fourth-order valence-electron chi connectivity index (χ4n) is 11.7. The Morgan fingerprint density at radius 3 is 2.35 bits per heavy atom. The van der Waals surface area contributed by atoms with Crippen molar-refractivity contribution in [2.45, 2.75) is 119 Å². The number of ether oxygens (including phenoxy) is 1. The van der Waals surface area contributed by atoms with Gasteiger partial charge < -0.3 is 9.84 Å². The summed E-state index contributed by atoms with van der Waals surface area (Å²) in [4.78, 5) is 14.2. The number of benzene rings is 1. The number of hydrogen-bond acceptors (Lipinski definition) is 3. The molecule has 40 heavy (non-hydrogen) atoms. The standard InChI is InChI=1S/C37H54O3/c1-24-15-20-37(32(39)40-23-26-11-9-8-10-12-26)22-21-35(6)27(31(37)25(24)2)13-14-29-34(5)18-17-30(38)33(3,4)28(34)16-19-36(29,35)7/h8-13,24-25,28-31,38H,14-23H2,1-7H3/t24-,25+,28?,29-,30+,31+,34+,35-,36-,37+/m1/s1. The van der Waals surface area contributed by atoms with Crippen molar-refractivity contribution in [2.24, 2.45) is 56.7 Å². The van der Waals surface area contributed by atoms with Gasteiger partial charge in [0.2, 0.25) is 0 Å². The molecule has 1 N–H and O–H groups in total. The number of esters is 1. The van der Waals surface area contributed by atoms with Gasteiger partial charge in [-0.2, -0.15) is 0 Å². The van der Waals surface area contributed by atoms with Crippen molar-refractivity contribution in [1.29, 1.82) is 0 Å². The fourth-order valence-corrected chi connectivity index (χ4v) is 11.7. The zero-order chi connectivity index (χ0) is 28.7. The summed E-state index contributed by atoms with van der Waals surface area (Å²) in [7, 11) is 0. The molecule has 6 rings (SSSR count). The molecule has 1 aromatic rings. The van der Waals surface area contributed by atoms with Gasteiger partial charge in [0.25, 0.3) is 0 Å². The van der Waals surface area contributed by atoms with E-state index in [0.29, 0.717) is 30.3 Å². The van der Waals surface area contributed by atoms with Crippen LogP contribution in [0.5, 0.6) is 0 Å². The van der Waals surface area contributed by atoms with Gasteiger partial charge >= 0.3 is 5.97 Å². The molecule has 220 valence electrons. The van der Waals surface area contributed by atoms with Gasteiger partial charge in [0.1, 0.15) is 6.61 Å². The molecule has 1 unspecified atom stereocenters. The number of hydrogen-bond donors (Lipinski definition) is 1. The van der Waals surface area contributed by atoms with Crippen molar-refractivity contribution in [1.82, 2.24) is 0 Å². The third-order valence-corrected chi connectivity index (χ3v) is 14.6. The Bertz CT molecular complexity index is 1170. The molecule has 4 saturated carbocycles. The Hall–Kier alpha value is -1.61. The van der Waals surface area contributed by atoms with Crippen LogP contribution in [-0.2, 0) is 16.1 Å². The van der Waals surface area contributed by atoms with E-state index in [2.05, 4.69) is 66.7 Å². The van der Waals surface area contributed by atoms with Crippen LogP contribution in [0.15, 0.2) is 42.0 Å². The smallest absolute Gasteiger partial charge is 0.313 e. The normalized spacial score (nSPS) is 47.5. The Balaban J connectivity index is 1.37. The molecular weight excluding hydrogens is 492 g/mol. The Morgan fingerprint density at radius 2 is 1.62 bits per heavy atom. The number of aliphatic hydroxyl groups is 1. The highest BCUT2D eigenvalue weighted by Crippen LogP contribution is 2.75. The second-order valence-electron chi connectivity index (χ2n) is 16.2. The van der Waals surface area contributed by atoms with Gasteiger partial charge in [-0.1, -0.05) is 90.4 Å². The lowest BCUT2D eigenvalue weighted by molar-refractivity contribution is -0.207. The average molecular weight is 547 g/mol. The summed E-state index contributed by atoms with van der Waals surface area (Å²) in [6.07, 6.45) is 12.2. The number of aliphatic hydroxyl groups excluding tert-OH is 1.